The highest BCUT2D eigenvalue weighted by molar-refractivity contribution is 6.43. The molecule has 1 aromatic carbocycles. The summed E-state index contributed by atoms with van der Waals surface area (Å²) in [4.78, 5) is 0. The molecule has 0 spiro atoms. The SMILES string of the molecule is FC(F)(F)Oc1c(C(F)(F)F)ccc(Cl)c1Cl. The minimum Gasteiger partial charge on any atom is -0.403 e. The zero-order valence-corrected chi connectivity index (χ0v) is 9.10. The molecule has 0 heterocycles. The van der Waals surface area contributed by atoms with Crippen LogP contribution in [0.25, 0.3) is 0 Å². The van der Waals surface area contributed by atoms with Crippen molar-refractivity contribution >= 4 is 23.2 Å². The van der Waals surface area contributed by atoms with Crippen molar-refractivity contribution in [3.63, 3.8) is 0 Å². The number of hydrogen-bond donors (Lipinski definition) is 0. The maximum absolute atomic E-state index is 12.4. The van der Waals surface area contributed by atoms with E-state index in [0.717, 1.165) is 6.07 Å². The Morgan fingerprint density at radius 2 is 1.47 bits per heavy atom. The van der Waals surface area contributed by atoms with Gasteiger partial charge in [0.1, 0.15) is 5.02 Å². The first kappa shape index (κ1) is 14.2. The molecule has 0 atom stereocenters. The Hall–Kier alpha value is -0.820. The van der Waals surface area contributed by atoms with E-state index < -0.39 is 33.9 Å². The summed E-state index contributed by atoms with van der Waals surface area (Å²) in [6, 6.07) is 1.09. The molecule has 0 saturated carbocycles. The summed E-state index contributed by atoms with van der Waals surface area (Å²) in [5.74, 6) is -1.56. The maximum Gasteiger partial charge on any atom is 0.573 e. The van der Waals surface area contributed by atoms with Crippen molar-refractivity contribution in [3.05, 3.63) is 27.7 Å². The molecule has 17 heavy (non-hydrogen) atoms. The average Bonchev–Trinajstić information content (AvgIpc) is 2.08. The van der Waals surface area contributed by atoms with Gasteiger partial charge in [-0.25, -0.2) is 0 Å². The second kappa shape index (κ2) is 4.45. The van der Waals surface area contributed by atoms with Gasteiger partial charge in [-0.2, -0.15) is 13.2 Å². The second-order valence-electron chi connectivity index (χ2n) is 2.78. The Balaban J connectivity index is 3.37. The van der Waals surface area contributed by atoms with Crippen molar-refractivity contribution in [2.75, 3.05) is 0 Å². The summed E-state index contributed by atoms with van der Waals surface area (Å²) in [5, 5.41) is -1.42. The van der Waals surface area contributed by atoms with E-state index in [1.54, 1.807) is 0 Å². The van der Waals surface area contributed by atoms with Gasteiger partial charge in [0, 0.05) is 0 Å². The van der Waals surface area contributed by atoms with E-state index in [-0.39, 0.29) is 0 Å². The summed E-state index contributed by atoms with van der Waals surface area (Å²) in [6.07, 6.45) is -10.3. The molecule has 1 rings (SSSR count). The van der Waals surface area contributed by atoms with Gasteiger partial charge < -0.3 is 4.74 Å². The van der Waals surface area contributed by atoms with Crippen molar-refractivity contribution in [2.45, 2.75) is 12.5 Å². The normalized spacial score (nSPS) is 12.7. The molecule has 0 saturated heterocycles. The van der Waals surface area contributed by atoms with E-state index in [9.17, 15) is 26.3 Å². The van der Waals surface area contributed by atoms with E-state index in [1.165, 1.54) is 0 Å². The topological polar surface area (TPSA) is 9.23 Å². The van der Waals surface area contributed by atoms with Crippen LogP contribution in [0.5, 0.6) is 5.75 Å². The van der Waals surface area contributed by atoms with Gasteiger partial charge in [0.2, 0.25) is 0 Å². The molecule has 1 nitrogen and oxygen atoms in total. The van der Waals surface area contributed by atoms with Crippen LogP contribution < -0.4 is 4.74 Å². The van der Waals surface area contributed by atoms with Crippen LogP contribution in [0.4, 0.5) is 26.3 Å². The molecule has 0 unspecified atom stereocenters. The van der Waals surface area contributed by atoms with Gasteiger partial charge in [0.25, 0.3) is 0 Å². The molecule has 0 aliphatic rings. The van der Waals surface area contributed by atoms with Crippen LogP contribution in [0.2, 0.25) is 10.0 Å². The largest absolute Gasteiger partial charge is 0.573 e. The van der Waals surface area contributed by atoms with Gasteiger partial charge in [-0.3, -0.25) is 0 Å². The summed E-state index contributed by atoms with van der Waals surface area (Å²) in [5.41, 5.74) is -1.65. The minimum absolute atomic E-state index is 0.356. The van der Waals surface area contributed by atoms with E-state index in [4.69, 9.17) is 23.2 Å². The molecule has 0 aliphatic heterocycles. The van der Waals surface area contributed by atoms with Gasteiger partial charge in [-0.1, -0.05) is 23.2 Å². The first-order chi connectivity index (χ1) is 7.52. The first-order valence-electron chi connectivity index (χ1n) is 3.83. The highest BCUT2D eigenvalue weighted by atomic mass is 35.5. The number of ether oxygens (including phenoxy) is 1. The molecule has 1 aromatic rings. The average molecular weight is 299 g/mol. The molecule has 96 valence electrons. The summed E-state index contributed by atoms with van der Waals surface area (Å²) in [7, 11) is 0. The molecule has 0 radical (unpaired) electrons. The highest BCUT2D eigenvalue weighted by Crippen LogP contribution is 2.44. The predicted octanol–water partition coefficient (Wildman–Crippen LogP) is 4.91. The lowest BCUT2D eigenvalue weighted by molar-refractivity contribution is -0.276. The van der Waals surface area contributed by atoms with Crippen LogP contribution in [0.1, 0.15) is 5.56 Å². The van der Waals surface area contributed by atoms with Crippen LogP contribution in [0.15, 0.2) is 12.1 Å². The molecule has 0 aliphatic carbocycles. The standard InChI is InChI=1S/C8H2Cl2F6O/c9-4-2-1-3(7(11,12)13)6(5(4)10)17-8(14,15)16/h1-2H. The minimum atomic E-state index is -5.30. The van der Waals surface area contributed by atoms with E-state index in [2.05, 4.69) is 4.74 Å². The Morgan fingerprint density at radius 1 is 0.941 bits per heavy atom. The number of rotatable bonds is 1. The Kier molecular flexibility index (Phi) is 3.73. The third-order valence-electron chi connectivity index (χ3n) is 1.57. The quantitative estimate of drug-likeness (QED) is 0.669. The Morgan fingerprint density at radius 3 is 1.88 bits per heavy atom. The van der Waals surface area contributed by atoms with Crippen LogP contribution in [0.3, 0.4) is 0 Å². The fourth-order valence-electron chi connectivity index (χ4n) is 0.971. The number of benzene rings is 1. The maximum atomic E-state index is 12.4. The van der Waals surface area contributed by atoms with E-state index in [0.29, 0.717) is 6.07 Å². The van der Waals surface area contributed by atoms with Crippen LogP contribution in [0, 0.1) is 0 Å². The Labute approximate surface area is 101 Å². The first-order valence-corrected chi connectivity index (χ1v) is 4.59. The van der Waals surface area contributed by atoms with Crippen LogP contribution in [-0.4, -0.2) is 6.36 Å². The number of alkyl halides is 6. The third-order valence-corrected chi connectivity index (χ3v) is 2.36. The van der Waals surface area contributed by atoms with Gasteiger partial charge in [0.05, 0.1) is 10.6 Å². The molecule has 0 N–H and O–H groups in total. The van der Waals surface area contributed by atoms with Gasteiger partial charge in [-0.15, -0.1) is 13.2 Å². The predicted molar refractivity (Wildman–Crippen MR) is 48.1 cm³/mol. The van der Waals surface area contributed by atoms with Crippen molar-refractivity contribution < 1.29 is 31.1 Å². The van der Waals surface area contributed by atoms with Gasteiger partial charge in [-0.05, 0) is 12.1 Å². The van der Waals surface area contributed by atoms with E-state index in [1.807, 2.05) is 0 Å². The fraction of sp³-hybridized carbons (Fsp3) is 0.250. The van der Waals surface area contributed by atoms with E-state index >= 15 is 0 Å². The molecule has 0 aromatic heterocycles. The van der Waals surface area contributed by atoms with Crippen molar-refractivity contribution in [3.8, 4) is 5.75 Å². The molecule has 9 heteroatoms. The Bertz CT molecular complexity index is 425. The number of hydrogen-bond acceptors (Lipinski definition) is 1. The summed E-state index contributed by atoms with van der Waals surface area (Å²) >= 11 is 10.6. The van der Waals surface area contributed by atoms with Gasteiger partial charge >= 0.3 is 12.5 Å². The zero-order valence-electron chi connectivity index (χ0n) is 7.59. The van der Waals surface area contributed by atoms with Crippen LogP contribution >= 0.6 is 23.2 Å². The highest BCUT2D eigenvalue weighted by Gasteiger charge is 2.41. The lowest BCUT2D eigenvalue weighted by Gasteiger charge is -2.16. The lowest BCUT2D eigenvalue weighted by Crippen LogP contribution is -2.20. The molecule has 0 bridgehead atoms. The molecular weight excluding hydrogens is 297 g/mol. The lowest BCUT2D eigenvalue weighted by atomic mass is 10.2. The van der Waals surface area contributed by atoms with Crippen molar-refractivity contribution in [1.82, 2.24) is 0 Å². The molecule has 0 fully saturated rings. The third kappa shape index (κ3) is 3.57. The monoisotopic (exact) mass is 298 g/mol. The zero-order chi connectivity index (χ0) is 13.4. The smallest absolute Gasteiger partial charge is 0.403 e. The number of halogens is 8. The van der Waals surface area contributed by atoms with Gasteiger partial charge in [0.15, 0.2) is 5.75 Å². The van der Waals surface area contributed by atoms with Crippen molar-refractivity contribution in [1.29, 1.82) is 0 Å². The van der Waals surface area contributed by atoms with Crippen LogP contribution in [-0.2, 0) is 6.18 Å². The summed E-state index contributed by atoms with van der Waals surface area (Å²) in [6.45, 7) is 0. The second-order valence-corrected chi connectivity index (χ2v) is 3.57. The van der Waals surface area contributed by atoms with Crippen molar-refractivity contribution in [2.24, 2.45) is 0 Å². The summed E-state index contributed by atoms with van der Waals surface area (Å²) < 4.78 is 76.2. The molecular formula is C8H2Cl2F6O. The molecule has 0 amide bonds. The fourth-order valence-corrected chi connectivity index (χ4v) is 1.32.